The Morgan fingerprint density at radius 2 is 2.37 bits per heavy atom. The van der Waals surface area contributed by atoms with E-state index in [1.165, 1.54) is 0 Å². The van der Waals surface area contributed by atoms with E-state index in [0.717, 1.165) is 32.7 Å². The van der Waals surface area contributed by atoms with Gasteiger partial charge in [0.25, 0.3) is 0 Å². The summed E-state index contributed by atoms with van der Waals surface area (Å²) in [5.74, 6) is 0.153. The van der Waals surface area contributed by atoms with Crippen molar-refractivity contribution in [2.24, 2.45) is 0 Å². The minimum absolute atomic E-state index is 0.153. The van der Waals surface area contributed by atoms with Gasteiger partial charge in [0.15, 0.2) is 5.78 Å². The Morgan fingerprint density at radius 1 is 1.53 bits per heavy atom. The Bertz CT molecular complexity index is 436. The van der Waals surface area contributed by atoms with E-state index in [9.17, 15) is 4.79 Å². The van der Waals surface area contributed by atoms with E-state index in [4.69, 9.17) is 16.3 Å². The number of ether oxygens (including phenoxy) is 1. The summed E-state index contributed by atoms with van der Waals surface area (Å²) in [6.45, 7) is 5.60. The van der Waals surface area contributed by atoms with Crippen molar-refractivity contribution in [1.82, 2.24) is 4.90 Å². The first-order chi connectivity index (χ1) is 9.15. The summed E-state index contributed by atoms with van der Waals surface area (Å²) in [5, 5.41) is 0.614. The molecule has 0 saturated carbocycles. The van der Waals surface area contributed by atoms with Crippen LogP contribution in [0.2, 0.25) is 5.02 Å². The van der Waals surface area contributed by atoms with Crippen LogP contribution >= 0.6 is 11.6 Å². The molecule has 1 unspecified atom stereocenters. The molecule has 1 aliphatic heterocycles. The zero-order chi connectivity index (χ0) is 13.7. The van der Waals surface area contributed by atoms with Gasteiger partial charge < -0.3 is 9.64 Å². The van der Waals surface area contributed by atoms with Crippen LogP contribution in [0.3, 0.4) is 0 Å². The summed E-state index contributed by atoms with van der Waals surface area (Å²) < 4.78 is 5.60. The fraction of sp³-hybridized carbons (Fsp3) is 0.533. The number of hydrogen-bond donors (Lipinski definition) is 0. The maximum Gasteiger partial charge on any atom is 0.164 e. The van der Waals surface area contributed by atoms with Crippen LogP contribution in [0.15, 0.2) is 24.3 Å². The molecule has 0 amide bonds. The fourth-order valence-electron chi connectivity index (χ4n) is 2.35. The van der Waals surface area contributed by atoms with Crippen molar-refractivity contribution in [2.45, 2.75) is 25.9 Å². The van der Waals surface area contributed by atoms with Crippen LogP contribution in [-0.2, 0) is 4.74 Å². The number of hydrogen-bond acceptors (Lipinski definition) is 3. The standard InChI is InChI=1S/C15H20ClNO2/c1-12-11-17(7-3-9-19-12)8-6-15(18)13-4-2-5-14(16)10-13/h2,4-5,10,12H,3,6-9,11H2,1H3. The van der Waals surface area contributed by atoms with Crippen LogP contribution in [0.1, 0.15) is 30.1 Å². The lowest BCUT2D eigenvalue weighted by atomic mass is 10.1. The molecular weight excluding hydrogens is 262 g/mol. The van der Waals surface area contributed by atoms with E-state index in [1.54, 1.807) is 12.1 Å². The van der Waals surface area contributed by atoms with Gasteiger partial charge >= 0.3 is 0 Å². The van der Waals surface area contributed by atoms with Crippen LogP contribution in [0, 0.1) is 0 Å². The molecule has 0 radical (unpaired) electrons. The molecule has 4 heteroatoms. The highest BCUT2D eigenvalue weighted by atomic mass is 35.5. The van der Waals surface area contributed by atoms with Gasteiger partial charge in [-0.3, -0.25) is 4.79 Å². The van der Waals surface area contributed by atoms with Gasteiger partial charge in [-0.05, 0) is 25.5 Å². The zero-order valence-electron chi connectivity index (χ0n) is 11.3. The predicted molar refractivity (Wildman–Crippen MR) is 76.9 cm³/mol. The van der Waals surface area contributed by atoms with Crippen molar-refractivity contribution in [3.8, 4) is 0 Å². The lowest BCUT2D eigenvalue weighted by molar-refractivity contribution is 0.0668. The Morgan fingerprint density at radius 3 is 3.16 bits per heavy atom. The molecule has 1 saturated heterocycles. The highest BCUT2D eigenvalue weighted by molar-refractivity contribution is 6.31. The highest BCUT2D eigenvalue weighted by Gasteiger charge is 2.16. The van der Waals surface area contributed by atoms with Gasteiger partial charge in [0, 0.05) is 43.2 Å². The maximum atomic E-state index is 12.1. The molecular formula is C15H20ClNO2. The minimum Gasteiger partial charge on any atom is -0.377 e. The molecule has 0 N–H and O–H groups in total. The van der Waals surface area contributed by atoms with Crippen LogP contribution in [0.5, 0.6) is 0 Å². The Hall–Kier alpha value is -0.900. The first-order valence-corrected chi connectivity index (χ1v) is 7.15. The topological polar surface area (TPSA) is 29.5 Å². The molecule has 3 nitrogen and oxygen atoms in total. The van der Waals surface area contributed by atoms with Crippen LogP contribution in [-0.4, -0.2) is 43.0 Å². The highest BCUT2D eigenvalue weighted by Crippen LogP contribution is 2.13. The Kier molecular flexibility index (Phi) is 5.37. The normalized spacial score (nSPS) is 21.1. The second kappa shape index (κ2) is 7.04. The third-order valence-corrected chi connectivity index (χ3v) is 3.57. The Labute approximate surface area is 119 Å². The smallest absolute Gasteiger partial charge is 0.164 e. The molecule has 1 atom stereocenters. The van der Waals surface area contributed by atoms with Crippen LogP contribution in [0.4, 0.5) is 0 Å². The number of carbonyl (C=O) groups is 1. The molecule has 0 aliphatic carbocycles. The summed E-state index contributed by atoms with van der Waals surface area (Å²) in [5.41, 5.74) is 0.701. The molecule has 1 aromatic rings. The molecule has 1 fully saturated rings. The lowest BCUT2D eigenvalue weighted by Gasteiger charge is -2.21. The third-order valence-electron chi connectivity index (χ3n) is 3.34. The van der Waals surface area contributed by atoms with Crippen molar-refractivity contribution in [3.05, 3.63) is 34.9 Å². The van der Waals surface area contributed by atoms with Crippen molar-refractivity contribution in [3.63, 3.8) is 0 Å². The van der Waals surface area contributed by atoms with Gasteiger partial charge in [0.05, 0.1) is 6.10 Å². The summed E-state index contributed by atoms with van der Waals surface area (Å²) in [6.07, 6.45) is 1.83. The molecule has 2 rings (SSSR count). The average molecular weight is 282 g/mol. The molecule has 0 bridgehead atoms. The van der Waals surface area contributed by atoms with E-state index < -0.39 is 0 Å². The lowest BCUT2D eigenvalue weighted by Crippen LogP contribution is -2.32. The second-order valence-corrected chi connectivity index (χ2v) is 5.46. The van der Waals surface area contributed by atoms with Crippen LogP contribution in [0.25, 0.3) is 0 Å². The summed E-state index contributed by atoms with van der Waals surface area (Å²) in [4.78, 5) is 14.4. The zero-order valence-corrected chi connectivity index (χ0v) is 12.0. The minimum atomic E-state index is 0.153. The van der Waals surface area contributed by atoms with Gasteiger partial charge in [-0.15, -0.1) is 0 Å². The number of carbonyl (C=O) groups excluding carboxylic acids is 1. The van der Waals surface area contributed by atoms with Crippen molar-refractivity contribution < 1.29 is 9.53 Å². The number of nitrogens with zero attached hydrogens (tertiary/aromatic N) is 1. The number of benzene rings is 1. The van der Waals surface area contributed by atoms with Crippen molar-refractivity contribution in [2.75, 3.05) is 26.2 Å². The summed E-state index contributed by atoms with van der Waals surface area (Å²) in [6, 6.07) is 7.16. The van der Waals surface area contributed by atoms with Gasteiger partial charge in [0.2, 0.25) is 0 Å². The SMILES string of the molecule is CC1CN(CCC(=O)c2cccc(Cl)c2)CCCO1. The largest absolute Gasteiger partial charge is 0.377 e. The third kappa shape index (κ3) is 4.60. The molecule has 1 aliphatic rings. The first kappa shape index (κ1) is 14.5. The van der Waals surface area contributed by atoms with Gasteiger partial charge in [-0.1, -0.05) is 23.7 Å². The fourth-order valence-corrected chi connectivity index (χ4v) is 2.54. The van der Waals surface area contributed by atoms with Gasteiger partial charge in [0.1, 0.15) is 0 Å². The quantitative estimate of drug-likeness (QED) is 0.795. The monoisotopic (exact) mass is 281 g/mol. The summed E-state index contributed by atoms with van der Waals surface area (Å²) in [7, 11) is 0. The maximum absolute atomic E-state index is 12.1. The van der Waals surface area contributed by atoms with Crippen molar-refractivity contribution >= 4 is 17.4 Å². The number of halogens is 1. The molecule has 0 spiro atoms. The molecule has 1 heterocycles. The van der Waals surface area contributed by atoms with E-state index in [-0.39, 0.29) is 11.9 Å². The summed E-state index contributed by atoms with van der Waals surface area (Å²) >= 11 is 5.90. The second-order valence-electron chi connectivity index (χ2n) is 5.02. The van der Waals surface area contributed by atoms with Gasteiger partial charge in [-0.2, -0.15) is 0 Å². The average Bonchev–Trinajstić information content (AvgIpc) is 2.60. The van der Waals surface area contributed by atoms with E-state index >= 15 is 0 Å². The van der Waals surface area contributed by atoms with E-state index in [0.29, 0.717) is 17.0 Å². The number of Topliss-reactive ketones (excluding diaryl/α,β-unsaturated/α-hetero) is 1. The number of rotatable bonds is 4. The molecule has 1 aromatic carbocycles. The molecule has 19 heavy (non-hydrogen) atoms. The van der Waals surface area contributed by atoms with E-state index in [1.807, 2.05) is 12.1 Å². The predicted octanol–water partition coefficient (Wildman–Crippen LogP) is 3.02. The van der Waals surface area contributed by atoms with Crippen LogP contribution < -0.4 is 0 Å². The molecule has 104 valence electrons. The van der Waals surface area contributed by atoms with Crippen molar-refractivity contribution in [1.29, 1.82) is 0 Å². The van der Waals surface area contributed by atoms with Gasteiger partial charge in [-0.25, -0.2) is 0 Å². The molecule has 0 aromatic heterocycles. The van der Waals surface area contributed by atoms with E-state index in [2.05, 4.69) is 11.8 Å². The first-order valence-electron chi connectivity index (χ1n) is 6.78. The number of ketones is 1. The Balaban J connectivity index is 1.86.